The van der Waals surface area contributed by atoms with Gasteiger partial charge in [0.05, 0.1) is 4.90 Å². The zero-order valence-electron chi connectivity index (χ0n) is 10.4. The summed E-state index contributed by atoms with van der Waals surface area (Å²) >= 11 is 0. The van der Waals surface area contributed by atoms with Crippen LogP contribution < -0.4 is 15.8 Å². The van der Waals surface area contributed by atoms with Gasteiger partial charge >= 0.3 is 0 Å². The van der Waals surface area contributed by atoms with Gasteiger partial charge in [-0.1, -0.05) is 6.07 Å². The fraction of sp³-hybridized carbons (Fsp3) is 0.364. The molecule has 0 bridgehead atoms. The van der Waals surface area contributed by atoms with Crippen molar-refractivity contribution in [1.82, 2.24) is 4.72 Å². The lowest BCUT2D eigenvalue weighted by atomic mass is 10.2. The zero-order valence-corrected chi connectivity index (χ0v) is 11.2. The summed E-state index contributed by atoms with van der Waals surface area (Å²) in [7, 11) is -2.18. The third kappa shape index (κ3) is 3.52. The fourth-order valence-electron chi connectivity index (χ4n) is 1.43. The highest BCUT2D eigenvalue weighted by atomic mass is 32.2. The summed E-state index contributed by atoms with van der Waals surface area (Å²) in [5.41, 5.74) is 6.31. The van der Waals surface area contributed by atoms with E-state index < -0.39 is 10.0 Å². The molecule has 1 aromatic carbocycles. The van der Waals surface area contributed by atoms with E-state index in [9.17, 15) is 13.2 Å². The maximum Gasteiger partial charge on any atom is 0.240 e. The minimum Gasteiger partial charge on any atom is -0.330 e. The Labute approximate surface area is 107 Å². The van der Waals surface area contributed by atoms with Crippen LogP contribution in [-0.4, -0.2) is 27.9 Å². The molecule has 100 valence electrons. The molecular weight excluding hydrogens is 254 g/mol. The molecule has 0 fully saturated rings. The first-order valence-corrected chi connectivity index (χ1v) is 6.93. The van der Waals surface area contributed by atoms with Crippen molar-refractivity contribution in [2.75, 3.05) is 18.9 Å². The lowest BCUT2D eigenvalue weighted by Gasteiger charge is -2.10. The number of nitrogens with two attached hydrogens (primary N) is 1. The molecule has 7 heteroatoms. The summed E-state index contributed by atoms with van der Waals surface area (Å²) in [6.45, 7) is 1.94. The van der Waals surface area contributed by atoms with Crippen molar-refractivity contribution in [2.45, 2.75) is 18.2 Å². The Hall–Kier alpha value is -1.44. The highest BCUT2D eigenvalue weighted by Crippen LogP contribution is 2.19. The van der Waals surface area contributed by atoms with Gasteiger partial charge in [0.25, 0.3) is 0 Å². The number of rotatable bonds is 5. The second-order valence-electron chi connectivity index (χ2n) is 3.77. The zero-order chi connectivity index (χ0) is 13.8. The van der Waals surface area contributed by atoms with Crippen LogP contribution in [0, 0.1) is 6.92 Å². The van der Waals surface area contributed by atoms with Crippen LogP contribution in [0.5, 0.6) is 0 Å². The highest BCUT2D eigenvalue weighted by molar-refractivity contribution is 7.89. The van der Waals surface area contributed by atoms with E-state index in [1.165, 1.54) is 13.1 Å². The number of nitrogens with one attached hydrogen (secondary N) is 2. The van der Waals surface area contributed by atoms with Crippen molar-refractivity contribution in [3.8, 4) is 0 Å². The van der Waals surface area contributed by atoms with Crippen molar-refractivity contribution >= 4 is 21.6 Å². The first-order chi connectivity index (χ1) is 8.40. The molecule has 0 aliphatic carbocycles. The van der Waals surface area contributed by atoms with Crippen molar-refractivity contribution in [3.05, 3.63) is 23.8 Å². The molecule has 0 heterocycles. The largest absolute Gasteiger partial charge is 0.330 e. The summed E-state index contributed by atoms with van der Waals surface area (Å²) < 4.78 is 25.7. The Bertz CT molecular complexity index is 540. The van der Waals surface area contributed by atoms with Gasteiger partial charge in [-0.25, -0.2) is 13.1 Å². The Morgan fingerprint density at radius 2 is 2.06 bits per heavy atom. The SMILES string of the molecule is CNS(=O)(=O)c1cc(NC(=O)CCN)ccc1C. The summed E-state index contributed by atoms with van der Waals surface area (Å²) in [5, 5.41) is 2.60. The highest BCUT2D eigenvalue weighted by Gasteiger charge is 2.15. The predicted octanol–water partition coefficient (Wildman–Crippen LogP) is 0.190. The molecule has 1 amide bonds. The normalized spacial score (nSPS) is 11.3. The minimum absolute atomic E-state index is 0.149. The van der Waals surface area contributed by atoms with Gasteiger partial charge in [-0.15, -0.1) is 0 Å². The summed E-state index contributed by atoms with van der Waals surface area (Å²) in [4.78, 5) is 11.5. The van der Waals surface area contributed by atoms with Crippen molar-refractivity contribution in [2.24, 2.45) is 5.73 Å². The van der Waals surface area contributed by atoms with Gasteiger partial charge in [0.2, 0.25) is 15.9 Å². The molecule has 0 saturated carbocycles. The third-order valence-electron chi connectivity index (χ3n) is 2.40. The second kappa shape index (κ2) is 5.94. The summed E-state index contributed by atoms with van der Waals surface area (Å²) in [5.74, 6) is -0.242. The van der Waals surface area contributed by atoms with E-state index in [2.05, 4.69) is 10.0 Å². The molecule has 4 N–H and O–H groups in total. The lowest BCUT2D eigenvalue weighted by molar-refractivity contribution is -0.116. The molecule has 1 rings (SSSR count). The van der Waals surface area contributed by atoms with E-state index in [1.54, 1.807) is 19.1 Å². The van der Waals surface area contributed by atoms with Gasteiger partial charge in [0.1, 0.15) is 0 Å². The minimum atomic E-state index is -3.53. The Morgan fingerprint density at radius 1 is 1.39 bits per heavy atom. The summed E-state index contributed by atoms with van der Waals surface area (Å²) in [6.07, 6.45) is 0.196. The maximum atomic E-state index is 11.7. The quantitative estimate of drug-likeness (QED) is 0.711. The van der Waals surface area contributed by atoms with Gasteiger partial charge in [0.15, 0.2) is 0 Å². The van der Waals surface area contributed by atoms with Crippen LogP contribution in [0.2, 0.25) is 0 Å². The van der Waals surface area contributed by atoms with Crippen molar-refractivity contribution < 1.29 is 13.2 Å². The number of benzene rings is 1. The molecule has 0 aliphatic heterocycles. The molecule has 0 atom stereocenters. The Morgan fingerprint density at radius 3 is 2.61 bits per heavy atom. The van der Waals surface area contributed by atoms with Crippen molar-refractivity contribution in [3.63, 3.8) is 0 Å². The fourth-order valence-corrected chi connectivity index (χ4v) is 2.43. The lowest BCUT2D eigenvalue weighted by Crippen LogP contribution is -2.20. The Kier molecular flexibility index (Phi) is 4.83. The van der Waals surface area contributed by atoms with E-state index in [1.807, 2.05) is 0 Å². The van der Waals surface area contributed by atoms with Gasteiger partial charge < -0.3 is 11.1 Å². The third-order valence-corrected chi connectivity index (χ3v) is 3.96. The van der Waals surface area contributed by atoms with Crippen LogP contribution in [0.1, 0.15) is 12.0 Å². The molecule has 6 nitrogen and oxygen atoms in total. The molecule has 0 radical (unpaired) electrons. The van der Waals surface area contributed by atoms with Gasteiger partial charge in [-0.2, -0.15) is 0 Å². The van der Waals surface area contributed by atoms with Crippen molar-refractivity contribution in [1.29, 1.82) is 0 Å². The Balaban J connectivity index is 3.05. The number of sulfonamides is 1. The number of carbonyl (C=O) groups is 1. The molecular formula is C11H17N3O3S. The topological polar surface area (TPSA) is 101 Å². The van der Waals surface area contributed by atoms with Gasteiger partial charge in [-0.05, 0) is 31.7 Å². The summed E-state index contributed by atoms with van der Waals surface area (Å²) in [6, 6.07) is 4.72. The monoisotopic (exact) mass is 271 g/mol. The number of anilines is 1. The first-order valence-electron chi connectivity index (χ1n) is 5.45. The number of carbonyl (C=O) groups excluding carboxylic acids is 1. The number of hydrogen-bond acceptors (Lipinski definition) is 4. The molecule has 0 spiro atoms. The molecule has 18 heavy (non-hydrogen) atoms. The average molecular weight is 271 g/mol. The number of amides is 1. The number of hydrogen-bond donors (Lipinski definition) is 3. The average Bonchev–Trinajstić information content (AvgIpc) is 2.31. The van der Waals surface area contributed by atoms with E-state index in [-0.39, 0.29) is 23.8 Å². The van der Waals surface area contributed by atoms with Crippen LogP contribution in [0.25, 0.3) is 0 Å². The van der Waals surface area contributed by atoms with Crippen LogP contribution >= 0.6 is 0 Å². The van der Waals surface area contributed by atoms with E-state index in [4.69, 9.17) is 5.73 Å². The molecule has 0 aromatic heterocycles. The molecule has 0 unspecified atom stereocenters. The van der Waals surface area contributed by atoms with Crippen LogP contribution in [-0.2, 0) is 14.8 Å². The van der Waals surface area contributed by atoms with E-state index in [0.717, 1.165) is 0 Å². The van der Waals surface area contributed by atoms with E-state index >= 15 is 0 Å². The molecule has 0 saturated heterocycles. The molecule has 0 aliphatic rings. The van der Waals surface area contributed by atoms with Crippen LogP contribution in [0.4, 0.5) is 5.69 Å². The maximum absolute atomic E-state index is 11.7. The van der Waals surface area contributed by atoms with Gasteiger partial charge in [0, 0.05) is 18.7 Å². The standard InChI is InChI=1S/C11H17N3O3S/c1-8-3-4-9(14-11(15)5-6-12)7-10(8)18(16,17)13-2/h3-4,7,13H,5-6,12H2,1-2H3,(H,14,15). The first kappa shape index (κ1) is 14.6. The second-order valence-corrected chi connectivity index (χ2v) is 5.63. The van der Waals surface area contributed by atoms with Crippen LogP contribution in [0.15, 0.2) is 23.1 Å². The van der Waals surface area contributed by atoms with Gasteiger partial charge in [-0.3, -0.25) is 4.79 Å². The van der Waals surface area contributed by atoms with E-state index in [0.29, 0.717) is 11.3 Å². The predicted molar refractivity (Wildman–Crippen MR) is 69.7 cm³/mol. The van der Waals surface area contributed by atoms with Crippen LogP contribution in [0.3, 0.4) is 0 Å². The number of aryl methyl sites for hydroxylation is 1. The molecule has 1 aromatic rings. The smallest absolute Gasteiger partial charge is 0.240 e.